The summed E-state index contributed by atoms with van der Waals surface area (Å²) in [5, 5.41) is 4.14. The van der Waals surface area contributed by atoms with Crippen LogP contribution in [0.4, 0.5) is 0 Å². The highest BCUT2D eigenvalue weighted by Crippen LogP contribution is 2.11. The van der Waals surface area contributed by atoms with Gasteiger partial charge in [-0.2, -0.15) is 5.10 Å². The minimum absolute atomic E-state index is 0.264. The van der Waals surface area contributed by atoms with Gasteiger partial charge in [0.05, 0.1) is 17.5 Å². The van der Waals surface area contributed by atoms with Crippen molar-refractivity contribution in [2.24, 2.45) is 5.10 Å². The van der Waals surface area contributed by atoms with Gasteiger partial charge in [0.15, 0.2) is 0 Å². The molecular weight excluding hydrogens is 252 g/mol. The lowest BCUT2D eigenvalue weighted by Crippen LogP contribution is -2.19. The second-order valence-corrected chi connectivity index (χ2v) is 4.83. The third-order valence-electron chi connectivity index (χ3n) is 3.35. The van der Waals surface area contributed by atoms with Crippen molar-refractivity contribution < 1.29 is 9.21 Å². The van der Waals surface area contributed by atoms with Crippen molar-refractivity contribution in [3.05, 3.63) is 58.5 Å². The number of hydrogen-bond acceptors (Lipinski definition) is 3. The van der Waals surface area contributed by atoms with E-state index in [2.05, 4.69) is 30.4 Å². The van der Waals surface area contributed by atoms with Crippen molar-refractivity contribution in [3.63, 3.8) is 0 Å². The summed E-state index contributed by atoms with van der Waals surface area (Å²) in [4.78, 5) is 11.9. The molecule has 104 valence electrons. The fraction of sp³-hybridized carbons (Fsp3) is 0.250. The minimum Gasteiger partial charge on any atom is -0.469 e. The Morgan fingerprint density at radius 2 is 1.90 bits per heavy atom. The Balaban J connectivity index is 2.13. The maximum atomic E-state index is 11.9. The molecular formula is C16H18N2O2. The lowest BCUT2D eigenvalue weighted by atomic mass is 10.0. The third kappa shape index (κ3) is 2.96. The van der Waals surface area contributed by atoms with E-state index in [9.17, 15) is 4.79 Å². The molecule has 0 fully saturated rings. The van der Waals surface area contributed by atoms with Crippen molar-refractivity contribution in [1.82, 2.24) is 5.43 Å². The monoisotopic (exact) mass is 270 g/mol. The topological polar surface area (TPSA) is 54.6 Å². The maximum Gasteiger partial charge on any atom is 0.274 e. The molecule has 4 heteroatoms. The first kappa shape index (κ1) is 14.1. The Morgan fingerprint density at radius 3 is 2.50 bits per heavy atom. The van der Waals surface area contributed by atoms with Crippen LogP contribution in [0.2, 0.25) is 0 Å². The number of aryl methyl sites for hydroxylation is 3. The van der Waals surface area contributed by atoms with Gasteiger partial charge in [-0.15, -0.1) is 0 Å². The Labute approximate surface area is 118 Å². The number of rotatable bonds is 3. The molecule has 0 radical (unpaired) electrons. The minimum atomic E-state index is -0.264. The van der Waals surface area contributed by atoms with E-state index in [-0.39, 0.29) is 5.91 Å². The van der Waals surface area contributed by atoms with E-state index in [4.69, 9.17) is 4.42 Å². The molecule has 1 aromatic carbocycles. The van der Waals surface area contributed by atoms with E-state index in [0.717, 1.165) is 11.3 Å². The average Bonchev–Trinajstić information content (AvgIpc) is 2.85. The predicted octanol–water partition coefficient (Wildman–Crippen LogP) is 3.36. The van der Waals surface area contributed by atoms with Gasteiger partial charge < -0.3 is 4.42 Å². The van der Waals surface area contributed by atoms with E-state index in [1.54, 1.807) is 13.0 Å². The second-order valence-electron chi connectivity index (χ2n) is 4.83. The number of hydrogen-bond donors (Lipinski definition) is 1. The van der Waals surface area contributed by atoms with Crippen molar-refractivity contribution in [2.75, 3.05) is 0 Å². The predicted molar refractivity (Wildman–Crippen MR) is 79.0 cm³/mol. The molecule has 2 aromatic rings. The second kappa shape index (κ2) is 5.74. The summed E-state index contributed by atoms with van der Waals surface area (Å²) in [7, 11) is 0. The largest absolute Gasteiger partial charge is 0.469 e. The van der Waals surface area contributed by atoms with E-state index in [1.807, 2.05) is 19.1 Å². The molecule has 0 bridgehead atoms. The van der Waals surface area contributed by atoms with Gasteiger partial charge >= 0.3 is 0 Å². The van der Waals surface area contributed by atoms with Crippen LogP contribution in [0.3, 0.4) is 0 Å². The lowest BCUT2D eigenvalue weighted by molar-refractivity contribution is 0.0953. The van der Waals surface area contributed by atoms with Crippen molar-refractivity contribution >= 4 is 11.6 Å². The molecule has 4 nitrogen and oxygen atoms in total. The van der Waals surface area contributed by atoms with Crippen molar-refractivity contribution in [2.45, 2.75) is 27.7 Å². The van der Waals surface area contributed by atoms with Gasteiger partial charge in [-0.1, -0.05) is 12.1 Å². The Bertz CT molecular complexity index is 669. The van der Waals surface area contributed by atoms with Crippen LogP contribution < -0.4 is 5.43 Å². The molecule has 2 rings (SSSR count). The fourth-order valence-corrected chi connectivity index (χ4v) is 1.85. The molecule has 0 unspecified atom stereocenters. The molecule has 1 heterocycles. The third-order valence-corrected chi connectivity index (χ3v) is 3.35. The smallest absolute Gasteiger partial charge is 0.274 e. The number of nitrogens with one attached hydrogen (secondary N) is 1. The van der Waals surface area contributed by atoms with Gasteiger partial charge in [0.2, 0.25) is 0 Å². The van der Waals surface area contributed by atoms with Gasteiger partial charge in [-0.3, -0.25) is 4.79 Å². The molecule has 1 N–H and O–H groups in total. The molecule has 1 aromatic heterocycles. The zero-order valence-corrected chi connectivity index (χ0v) is 12.2. The highest BCUT2D eigenvalue weighted by atomic mass is 16.3. The van der Waals surface area contributed by atoms with Gasteiger partial charge in [0.25, 0.3) is 5.91 Å². The molecule has 0 aliphatic rings. The van der Waals surface area contributed by atoms with Gasteiger partial charge in [0.1, 0.15) is 5.76 Å². The maximum absolute atomic E-state index is 11.9. The molecule has 0 atom stereocenters. The van der Waals surface area contributed by atoms with E-state index in [0.29, 0.717) is 11.3 Å². The zero-order chi connectivity index (χ0) is 14.7. The van der Waals surface area contributed by atoms with Crippen LogP contribution in [0.25, 0.3) is 0 Å². The molecule has 20 heavy (non-hydrogen) atoms. The number of nitrogens with zero attached hydrogens (tertiary/aromatic N) is 1. The van der Waals surface area contributed by atoms with Gasteiger partial charge in [0, 0.05) is 0 Å². The van der Waals surface area contributed by atoms with Crippen molar-refractivity contribution in [1.29, 1.82) is 0 Å². The SMILES string of the molecule is CC(=NNC(=O)c1ccoc1C)c1ccc(C)c(C)c1. The normalized spacial score (nSPS) is 11.5. The molecule has 0 saturated carbocycles. The summed E-state index contributed by atoms with van der Waals surface area (Å²) in [6.07, 6.45) is 1.49. The number of amides is 1. The summed E-state index contributed by atoms with van der Waals surface area (Å²) in [6, 6.07) is 7.73. The van der Waals surface area contributed by atoms with Gasteiger partial charge in [-0.05, 0) is 56.5 Å². The summed E-state index contributed by atoms with van der Waals surface area (Å²) >= 11 is 0. The molecule has 0 spiro atoms. The van der Waals surface area contributed by atoms with E-state index >= 15 is 0 Å². The van der Waals surface area contributed by atoms with Gasteiger partial charge in [-0.25, -0.2) is 5.43 Å². The number of carbonyl (C=O) groups is 1. The van der Waals surface area contributed by atoms with Crippen LogP contribution >= 0.6 is 0 Å². The van der Waals surface area contributed by atoms with Crippen LogP contribution in [0.1, 0.15) is 39.7 Å². The standard InChI is InChI=1S/C16H18N2O2/c1-10-5-6-14(9-11(10)2)12(3)17-18-16(19)15-7-8-20-13(15)4/h5-9H,1-4H3,(H,18,19). The lowest BCUT2D eigenvalue weighted by Gasteiger charge is -2.05. The summed E-state index contributed by atoms with van der Waals surface area (Å²) in [5.41, 5.74) is 7.25. The number of carbonyl (C=O) groups excluding carboxylic acids is 1. The zero-order valence-electron chi connectivity index (χ0n) is 12.2. The summed E-state index contributed by atoms with van der Waals surface area (Å²) in [6.45, 7) is 7.73. The van der Waals surface area contributed by atoms with Crippen LogP contribution in [0.5, 0.6) is 0 Å². The average molecular weight is 270 g/mol. The quantitative estimate of drug-likeness (QED) is 0.686. The number of furan rings is 1. The Kier molecular flexibility index (Phi) is 4.03. The molecule has 0 saturated heterocycles. The fourth-order valence-electron chi connectivity index (χ4n) is 1.85. The highest BCUT2D eigenvalue weighted by Gasteiger charge is 2.10. The van der Waals surface area contributed by atoms with Crippen LogP contribution in [0, 0.1) is 20.8 Å². The first-order valence-corrected chi connectivity index (χ1v) is 6.45. The molecule has 0 aliphatic carbocycles. The van der Waals surface area contributed by atoms with Crippen LogP contribution in [-0.4, -0.2) is 11.6 Å². The van der Waals surface area contributed by atoms with Crippen molar-refractivity contribution in [3.8, 4) is 0 Å². The Morgan fingerprint density at radius 1 is 1.15 bits per heavy atom. The summed E-state index contributed by atoms with van der Waals surface area (Å²) in [5.74, 6) is 0.320. The highest BCUT2D eigenvalue weighted by molar-refractivity contribution is 6.01. The number of hydrazone groups is 1. The van der Waals surface area contributed by atoms with E-state index in [1.165, 1.54) is 17.4 Å². The number of benzene rings is 1. The summed E-state index contributed by atoms with van der Waals surface area (Å²) < 4.78 is 5.10. The first-order chi connectivity index (χ1) is 9.49. The van der Waals surface area contributed by atoms with Crippen LogP contribution in [-0.2, 0) is 0 Å². The molecule has 0 aliphatic heterocycles. The first-order valence-electron chi connectivity index (χ1n) is 6.45. The van der Waals surface area contributed by atoms with Crippen LogP contribution in [0.15, 0.2) is 40.0 Å². The van der Waals surface area contributed by atoms with E-state index < -0.39 is 0 Å². The Hall–Kier alpha value is -2.36. The molecule has 1 amide bonds.